The zero-order chi connectivity index (χ0) is 17.8. The lowest BCUT2D eigenvalue weighted by molar-refractivity contribution is -0.123. The van der Waals surface area contributed by atoms with E-state index in [-0.39, 0.29) is 24.5 Å². The Labute approximate surface area is 147 Å². The molecule has 0 unspecified atom stereocenters. The van der Waals surface area contributed by atoms with Crippen LogP contribution in [0.1, 0.15) is 30.2 Å². The molecular formula is C17H26N6O2. The number of hydrogen-bond acceptors (Lipinski definition) is 5. The highest BCUT2D eigenvalue weighted by atomic mass is 16.5. The molecule has 0 aromatic carbocycles. The predicted octanol–water partition coefficient (Wildman–Crippen LogP) is 0.572. The number of imidazole rings is 1. The van der Waals surface area contributed by atoms with E-state index in [0.717, 1.165) is 30.3 Å². The van der Waals surface area contributed by atoms with E-state index in [0.29, 0.717) is 13.2 Å². The van der Waals surface area contributed by atoms with E-state index in [2.05, 4.69) is 32.3 Å². The normalized spacial score (nSPS) is 21.4. The third kappa shape index (κ3) is 4.08. The summed E-state index contributed by atoms with van der Waals surface area (Å²) in [4.78, 5) is 19.1. The molecule has 1 saturated heterocycles. The summed E-state index contributed by atoms with van der Waals surface area (Å²) in [5.74, 6) is 0.908. The van der Waals surface area contributed by atoms with Gasteiger partial charge in [0.2, 0.25) is 5.91 Å². The van der Waals surface area contributed by atoms with Crippen LogP contribution >= 0.6 is 0 Å². The molecule has 2 atom stereocenters. The van der Waals surface area contributed by atoms with E-state index in [4.69, 9.17) is 4.74 Å². The number of nitrogens with zero attached hydrogens (tertiary/aromatic N) is 4. The highest BCUT2D eigenvalue weighted by Gasteiger charge is 2.35. The topological polar surface area (TPSA) is 88.1 Å². The second-order valence-electron chi connectivity index (χ2n) is 6.40. The number of rotatable bonds is 6. The van der Waals surface area contributed by atoms with Crippen LogP contribution < -0.4 is 5.32 Å². The molecule has 0 saturated carbocycles. The lowest BCUT2D eigenvalue weighted by Gasteiger charge is -2.40. The number of amides is 1. The van der Waals surface area contributed by atoms with E-state index in [1.165, 1.54) is 0 Å². The van der Waals surface area contributed by atoms with Gasteiger partial charge in [0.1, 0.15) is 5.82 Å². The maximum Gasteiger partial charge on any atom is 0.226 e. The molecule has 2 aromatic rings. The number of morpholine rings is 1. The Morgan fingerprint density at radius 1 is 1.52 bits per heavy atom. The third-order valence-electron chi connectivity index (χ3n) is 4.59. The Kier molecular flexibility index (Phi) is 5.50. The number of aromatic amines is 1. The maximum absolute atomic E-state index is 12.2. The summed E-state index contributed by atoms with van der Waals surface area (Å²) in [7, 11) is 1.99. The average molecular weight is 346 g/mol. The van der Waals surface area contributed by atoms with Gasteiger partial charge in [0.05, 0.1) is 30.9 Å². The Bertz CT molecular complexity index is 710. The molecular weight excluding hydrogens is 320 g/mol. The van der Waals surface area contributed by atoms with Crippen LogP contribution in [0.5, 0.6) is 0 Å². The number of ether oxygens (including phenoxy) is 1. The molecule has 0 radical (unpaired) electrons. The van der Waals surface area contributed by atoms with Gasteiger partial charge in [-0.2, -0.15) is 5.10 Å². The number of carbonyl (C=O) groups excluding carboxylic acids is 1. The summed E-state index contributed by atoms with van der Waals surface area (Å²) < 4.78 is 7.99. The Hall–Kier alpha value is -2.19. The molecule has 1 aliphatic rings. The number of nitrogens with one attached hydrogen (secondary N) is 2. The lowest BCUT2D eigenvalue weighted by atomic mass is 10.1. The van der Waals surface area contributed by atoms with Crippen LogP contribution in [-0.2, 0) is 23.0 Å². The first-order valence-corrected chi connectivity index (χ1v) is 8.69. The number of carbonyl (C=O) groups is 1. The highest BCUT2D eigenvalue weighted by molar-refractivity contribution is 5.78. The smallest absolute Gasteiger partial charge is 0.226 e. The van der Waals surface area contributed by atoms with Crippen LogP contribution in [0.15, 0.2) is 18.5 Å². The monoisotopic (exact) mass is 346 g/mol. The number of likely N-dealkylation sites (N-methyl/N-ethyl adjacent to an activating group) is 1. The fourth-order valence-corrected chi connectivity index (χ4v) is 3.31. The number of hydrogen-bond donors (Lipinski definition) is 2. The molecule has 0 bridgehead atoms. The SMILES string of the molecule is CCN1CCO[C@@H](CNC(=O)Cc2cc(C)[nH]n2)[C@@H]1c1nccn1C. The van der Waals surface area contributed by atoms with Crippen molar-refractivity contribution in [3.05, 3.63) is 35.7 Å². The zero-order valence-corrected chi connectivity index (χ0v) is 15.0. The van der Waals surface area contributed by atoms with E-state index >= 15 is 0 Å². The van der Waals surface area contributed by atoms with Gasteiger partial charge in [-0.3, -0.25) is 14.8 Å². The van der Waals surface area contributed by atoms with Crippen molar-refractivity contribution in [2.45, 2.75) is 32.4 Å². The minimum absolute atomic E-state index is 0.0340. The van der Waals surface area contributed by atoms with Crippen molar-refractivity contribution in [3.8, 4) is 0 Å². The van der Waals surface area contributed by atoms with E-state index in [1.54, 1.807) is 6.20 Å². The van der Waals surface area contributed by atoms with Crippen molar-refractivity contribution in [2.24, 2.45) is 7.05 Å². The van der Waals surface area contributed by atoms with Crippen LogP contribution in [0, 0.1) is 6.92 Å². The fraction of sp³-hybridized carbons (Fsp3) is 0.588. The molecule has 1 fully saturated rings. The third-order valence-corrected chi connectivity index (χ3v) is 4.59. The second-order valence-corrected chi connectivity index (χ2v) is 6.40. The van der Waals surface area contributed by atoms with Crippen LogP contribution in [0.2, 0.25) is 0 Å². The number of H-pyrrole nitrogens is 1. The Balaban J connectivity index is 1.64. The largest absolute Gasteiger partial charge is 0.373 e. The van der Waals surface area contributed by atoms with Crippen molar-refractivity contribution >= 4 is 5.91 Å². The summed E-state index contributed by atoms with van der Waals surface area (Å²) in [6.45, 7) is 6.95. The van der Waals surface area contributed by atoms with Gasteiger partial charge in [0.25, 0.3) is 0 Å². The van der Waals surface area contributed by atoms with Crippen molar-refractivity contribution in [1.29, 1.82) is 0 Å². The van der Waals surface area contributed by atoms with Gasteiger partial charge in [-0.15, -0.1) is 0 Å². The molecule has 8 heteroatoms. The van der Waals surface area contributed by atoms with Crippen LogP contribution in [-0.4, -0.2) is 62.9 Å². The molecule has 0 spiro atoms. The first-order chi connectivity index (χ1) is 12.1. The summed E-state index contributed by atoms with van der Waals surface area (Å²) in [6.07, 6.45) is 3.88. The standard InChI is InChI=1S/C17H26N6O2/c1-4-23-7-8-25-14(16(23)17-18-5-6-22(17)3)11-19-15(24)10-13-9-12(2)20-21-13/h5-6,9,14,16H,4,7-8,10-11H2,1-3H3,(H,19,24)(H,20,21)/t14-,16+/m0/s1. The first-order valence-electron chi connectivity index (χ1n) is 8.69. The van der Waals surface area contributed by atoms with Gasteiger partial charge in [-0.1, -0.05) is 6.92 Å². The van der Waals surface area contributed by atoms with Crippen molar-refractivity contribution in [3.63, 3.8) is 0 Å². The molecule has 0 aliphatic carbocycles. The van der Waals surface area contributed by atoms with E-state index in [9.17, 15) is 4.79 Å². The summed E-state index contributed by atoms with van der Waals surface area (Å²) in [5.41, 5.74) is 1.70. The predicted molar refractivity (Wildman–Crippen MR) is 93.0 cm³/mol. The molecule has 8 nitrogen and oxygen atoms in total. The van der Waals surface area contributed by atoms with Crippen LogP contribution in [0.25, 0.3) is 0 Å². The van der Waals surface area contributed by atoms with Crippen LogP contribution in [0.4, 0.5) is 0 Å². The minimum atomic E-state index is -0.125. The molecule has 3 heterocycles. The Morgan fingerprint density at radius 2 is 2.36 bits per heavy atom. The molecule has 3 rings (SSSR count). The van der Waals surface area contributed by atoms with E-state index in [1.807, 2.05) is 30.8 Å². The Morgan fingerprint density at radius 3 is 3.00 bits per heavy atom. The van der Waals surface area contributed by atoms with Gasteiger partial charge in [-0.25, -0.2) is 4.98 Å². The highest BCUT2D eigenvalue weighted by Crippen LogP contribution is 2.27. The van der Waals surface area contributed by atoms with Gasteiger partial charge < -0.3 is 14.6 Å². The quantitative estimate of drug-likeness (QED) is 0.798. The van der Waals surface area contributed by atoms with Crippen molar-refractivity contribution < 1.29 is 9.53 Å². The summed E-state index contributed by atoms with van der Waals surface area (Å²) in [5, 5.41) is 9.94. The molecule has 1 amide bonds. The molecule has 2 N–H and O–H groups in total. The fourth-order valence-electron chi connectivity index (χ4n) is 3.31. The summed E-state index contributed by atoms with van der Waals surface area (Å²) in [6, 6.07) is 1.92. The van der Waals surface area contributed by atoms with Gasteiger partial charge >= 0.3 is 0 Å². The second kappa shape index (κ2) is 7.79. The number of aromatic nitrogens is 4. The molecule has 1 aliphatic heterocycles. The van der Waals surface area contributed by atoms with Gasteiger partial charge in [-0.05, 0) is 19.5 Å². The average Bonchev–Trinajstić information content (AvgIpc) is 3.20. The molecule has 25 heavy (non-hydrogen) atoms. The van der Waals surface area contributed by atoms with Crippen molar-refractivity contribution in [1.82, 2.24) is 30.0 Å². The molecule has 2 aromatic heterocycles. The molecule has 136 valence electrons. The van der Waals surface area contributed by atoms with Crippen molar-refractivity contribution in [2.75, 3.05) is 26.2 Å². The van der Waals surface area contributed by atoms with Crippen LogP contribution in [0.3, 0.4) is 0 Å². The van der Waals surface area contributed by atoms with Gasteiger partial charge in [0, 0.05) is 38.2 Å². The minimum Gasteiger partial charge on any atom is -0.373 e. The first kappa shape index (κ1) is 17.6. The lowest BCUT2D eigenvalue weighted by Crippen LogP contribution is -2.50. The summed E-state index contributed by atoms with van der Waals surface area (Å²) >= 11 is 0. The number of aryl methyl sites for hydroxylation is 2. The zero-order valence-electron chi connectivity index (χ0n) is 15.0. The van der Waals surface area contributed by atoms with E-state index < -0.39 is 0 Å². The van der Waals surface area contributed by atoms with Gasteiger partial charge in [0.15, 0.2) is 0 Å². The maximum atomic E-state index is 12.2.